The molecule has 0 spiro atoms. The van der Waals surface area contributed by atoms with Crippen LogP contribution in [0.1, 0.15) is 17.3 Å². The number of likely N-dealkylation sites (N-methyl/N-ethyl adjacent to an activating group) is 2. The Morgan fingerprint density at radius 3 is 2.79 bits per heavy atom. The Kier molecular flexibility index (Phi) is 4.56. The molecule has 1 aliphatic rings. The maximum Gasteiger partial charge on any atom is 0.184 e. The summed E-state index contributed by atoms with van der Waals surface area (Å²) in [5.41, 5.74) is 0.691. The molecule has 1 heterocycles. The zero-order valence-corrected chi connectivity index (χ0v) is 11.9. The van der Waals surface area contributed by atoms with Gasteiger partial charge in [-0.2, -0.15) is 0 Å². The molecule has 1 aliphatic heterocycles. The Balaban J connectivity index is 2.23. The standard InChI is InChI=1S/C15H22N2O2/c1-4-19-14-8-6-5-7-12(14)15(18)13-11-16(2)9-10-17(13)3/h5-8,13H,4,9-11H2,1-3H3. The van der Waals surface area contributed by atoms with Crippen molar-refractivity contribution in [3.05, 3.63) is 29.8 Å². The largest absolute Gasteiger partial charge is 0.493 e. The van der Waals surface area contributed by atoms with Crippen molar-refractivity contribution in [2.24, 2.45) is 0 Å². The lowest BCUT2D eigenvalue weighted by Crippen LogP contribution is -2.53. The van der Waals surface area contributed by atoms with Gasteiger partial charge in [-0.25, -0.2) is 0 Å². The molecule has 19 heavy (non-hydrogen) atoms. The molecule has 1 unspecified atom stereocenters. The molecule has 4 nitrogen and oxygen atoms in total. The Morgan fingerprint density at radius 2 is 2.05 bits per heavy atom. The van der Waals surface area contributed by atoms with Crippen molar-refractivity contribution in [3.8, 4) is 5.75 Å². The van der Waals surface area contributed by atoms with Gasteiger partial charge >= 0.3 is 0 Å². The maximum absolute atomic E-state index is 12.7. The molecule has 1 aromatic rings. The van der Waals surface area contributed by atoms with E-state index in [9.17, 15) is 4.79 Å². The van der Waals surface area contributed by atoms with Crippen molar-refractivity contribution in [1.82, 2.24) is 9.80 Å². The molecule has 0 radical (unpaired) electrons. The van der Waals surface area contributed by atoms with E-state index in [1.807, 2.05) is 38.2 Å². The van der Waals surface area contributed by atoms with Gasteiger partial charge in [0.1, 0.15) is 5.75 Å². The molecule has 0 aromatic heterocycles. The first-order valence-corrected chi connectivity index (χ1v) is 6.78. The number of ether oxygens (including phenoxy) is 1. The lowest BCUT2D eigenvalue weighted by atomic mass is 10.00. The van der Waals surface area contributed by atoms with Gasteiger partial charge in [-0.15, -0.1) is 0 Å². The molecule has 0 bridgehead atoms. The van der Waals surface area contributed by atoms with Crippen LogP contribution in [-0.2, 0) is 0 Å². The molecule has 0 saturated carbocycles. The van der Waals surface area contributed by atoms with Crippen molar-refractivity contribution in [2.75, 3.05) is 40.3 Å². The van der Waals surface area contributed by atoms with E-state index >= 15 is 0 Å². The van der Waals surface area contributed by atoms with Crippen LogP contribution in [-0.4, -0.2) is 62.0 Å². The molecular weight excluding hydrogens is 240 g/mol. The fraction of sp³-hybridized carbons (Fsp3) is 0.533. The number of benzene rings is 1. The Labute approximate surface area is 115 Å². The number of rotatable bonds is 4. The zero-order valence-electron chi connectivity index (χ0n) is 11.9. The van der Waals surface area contributed by atoms with E-state index in [4.69, 9.17) is 4.74 Å². The predicted molar refractivity (Wildman–Crippen MR) is 75.9 cm³/mol. The first-order valence-electron chi connectivity index (χ1n) is 6.78. The van der Waals surface area contributed by atoms with Gasteiger partial charge in [-0.05, 0) is 33.2 Å². The summed E-state index contributed by atoms with van der Waals surface area (Å²) in [6.45, 7) is 5.21. The summed E-state index contributed by atoms with van der Waals surface area (Å²) in [5, 5.41) is 0. The van der Waals surface area contributed by atoms with Crippen LogP contribution in [0.2, 0.25) is 0 Å². The normalized spacial score (nSPS) is 21.3. The number of nitrogens with zero attached hydrogens (tertiary/aromatic N) is 2. The second kappa shape index (κ2) is 6.17. The highest BCUT2D eigenvalue weighted by molar-refractivity contribution is 6.02. The van der Waals surface area contributed by atoms with Gasteiger partial charge in [-0.3, -0.25) is 9.69 Å². The van der Waals surface area contributed by atoms with Crippen LogP contribution < -0.4 is 4.74 Å². The van der Waals surface area contributed by atoms with Gasteiger partial charge in [0.2, 0.25) is 0 Å². The van der Waals surface area contributed by atoms with Crippen molar-refractivity contribution in [3.63, 3.8) is 0 Å². The summed E-state index contributed by atoms with van der Waals surface area (Å²) in [7, 11) is 4.07. The van der Waals surface area contributed by atoms with Crippen molar-refractivity contribution in [1.29, 1.82) is 0 Å². The van der Waals surface area contributed by atoms with Crippen LogP contribution in [0.15, 0.2) is 24.3 Å². The second-order valence-corrected chi connectivity index (χ2v) is 5.05. The lowest BCUT2D eigenvalue weighted by molar-refractivity contribution is 0.0683. The van der Waals surface area contributed by atoms with Gasteiger partial charge in [0, 0.05) is 19.6 Å². The Morgan fingerprint density at radius 1 is 1.32 bits per heavy atom. The Hall–Kier alpha value is -1.39. The smallest absolute Gasteiger partial charge is 0.184 e. The SMILES string of the molecule is CCOc1ccccc1C(=O)C1CN(C)CCN1C. The third-order valence-corrected chi connectivity index (χ3v) is 3.61. The minimum atomic E-state index is -0.0830. The molecule has 1 fully saturated rings. The minimum absolute atomic E-state index is 0.0830. The van der Waals surface area contributed by atoms with Crippen LogP contribution in [0.4, 0.5) is 0 Å². The average Bonchev–Trinajstić information content (AvgIpc) is 2.42. The highest BCUT2D eigenvalue weighted by Gasteiger charge is 2.30. The highest BCUT2D eigenvalue weighted by Crippen LogP contribution is 2.22. The average molecular weight is 262 g/mol. The van der Waals surface area contributed by atoms with Gasteiger partial charge in [0.25, 0.3) is 0 Å². The van der Waals surface area contributed by atoms with Gasteiger partial charge in [-0.1, -0.05) is 12.1 Å². The third-order valence-electron chi connectivity index (χ3n) is 3.61. The molecule has 0 amide bonds. The molecule has 104 valence electrons. The summed E-state index contributed by atoms with van der Waals surface area (Å²) in [6, 6.07) is 7.43. The van der Waals surface area contributed by atoms with Crippen LogP contribution in [0.3, 0.4) is 0 Å². The van der Waals surface area contributed by atoms with Crippen LogP contribution in [0.25, 0.3) is 0 Å². The summed E-state index contributed by atoms with van der Waals surface area (Å²) in [5.74, 6) is 0.842. The van der Waals surface area contributed by atoms with Crippen LogP contribution in [0, 0.1) is 0 Å². The molecule has 0 N–H and O–H groups in total. The van der Waals surface area contributed by atoms with Crippen LogP contribution >= 0.6 is 0 Å². The van der Waals surface area contributed by atoms with E-state index in [2.05, 4.69) is 16.8 Å². The number of piperazine rings is 1. The zero-order chi connectivity index (χ0) is 13.8. The molecule has 4 heteroatoms. The molecule has 2 rings (SSSR count). The number of carbonyl (C=O) groups is 1. The summed E-state index contributed by atoms with van der Waals surface area (Å²) >= 11 is 0. The molecular formula is C15H22N2O2. The number of Topliss-reactive ketones (excluding diaryl/α,β-unsaturated/α-hetero) is 1. The summed E-state index contributed by atoms with van der Waals surface area (Å²) in [4.78, 5) is 17.0. The highest BCUT2D eigenvalue weighted by atomic mass is 16.5. The first kappa shape index (κ1) is 14.0. The fourth-order valence-electron chi connectivity index (χ4n) is 2.42. The van der Waals surface area contributed by atoms with E-state index in [1.54, 1.807) is 0 Å². The van der Waals surface area contributed by atoms with E-state index < -0.39 is 0 Å². The van der Waals surface area contributed by atoms with Gasteiger partial charge in [0.15, 0.2) is 5.78 Å². The monoisotopic (exact) mass is 262 g/mol. The van der Waals surface area contributed by atoms with E-state index in [1.165, 1.54) is 0 Å². The molecule has 1 atom stereocenters. The number of carbonyl (C=O) groups excluding carboxylic acids is 1. The first-order chi connectivity index (χ1) is 9.13. The predicted octanol–water partition coefficient (Wildman–Crippen LogP) is 1.51. The quantitative estimate of drug-likeness (QED) is 0.770. The second-order valence-electron chi connectivity index (χ2n) is 5.05. The number of hydrogen-bond donors (Lipinski definition) is 0. The summed E-state index contributed by atoms with van der Waals surface area (Å²) < 4.78 is 5.56. The number of ketones is 1. The number of hydrogen-bond acceptors (Lipinski definition) is 4. The lowest BCUT2D eigenvalue weighted by Gasteiger charge is -2.36. The van der Waals surface area contributed by atoms with E-state index in [0.29, 0.717) is 17.9 Å². The number of para-hydroxylation sites is 1. The van der Waals surface area contributed by atoms with Gasteiger partial charge < -0.3 is 9.64 Å². The molecule has 0 aliphatic carbocycles. The van der Waals surface area contributed by atoms with Crippen LogP contribution in [0.5, 0.6) is 5.75 Å². The topological polar surface area (TPSA) is 32.8 Å². The van der Waals surface area contributed by atoms with E-state index in [-0.39, 0.29) is 11.8 Å². The molecule has 1 aromatic carbocycles. The van der Waals surface area contributed by atoms with Gasteiger partial charge in [0.05, 0.1) is 18.2 Å². The van der Waals surface area contributed by atoms with E-state index in [0.717, 1.165) is 19.6 Å². The molecule has 1 saturated heterocycles. The summed E-state index contributed by atoms with van der Waals surface area (Å²) in [6.07, 6.45) is 0. The fourth-order valence-corrected chi connectivity index (χ4v) is 2.42. The van der Waals surface area contributed by atoms with Crippen molar-refractivity contribution < 1.29 is 9.53 Å². The minimum Gasteiger partial charge on any atom is -0.493 e. The Bertz CT molecular complexity index is 448. The van der Waals surface area contributed by atoms with Crippen molar-refractivity contribution >= 4 is 5.78 Å². The maximum atomic E-state index is 12.7. The third kappa shape index (κ3) is 3.14. The van der Waals surface area contributed by atoms with Crippen molar-refractivity contribution in [2.45, 2.75) is 13.0 Å².